The zero-order chi connectivity index (χ0) is 15.5. The molecule has 0 fully saturated rings. The van der Waals surface area contributed by atoms with Gasteiger partial charge in [0.15, 0.2) is 0 Å². The molecule has 0 aliphatic carbocycles. The third-order valence-corrected chi connectivity index (χ3v) is 4.38. The molecule has 0 spiro atoms. The summed E-state index contributed by atoms with van der Waals surface area (Å²) in [6.07, 6.45) is 7.11. The number of hydrogen-bond acceptors (Lipinski definition) is 4. The maximum absolute atomic E-state index is 4.56. The molecule has 0 bridgehead atoms. The number of fused-ring (bicyclic) bond motifs is 1. The van der Waals surface area contributed by atoms with Crippen molar-refractivity contribution < 1.29 is 0 Å². The number of H-pyrrole nitrogens is 1. The minimum atomic E-state index is -0.00607. The highest BCUT2D eigenvalue weighted by molar-refractivity contribution is 5.24. The summed E-state index contributed by atoms with van der Waals surface area (Å²) >= 11 is 0. The molecule has 6 heteroatoms. The number of rotatable bonds is 5. The summed E-state index contributed by atoms with van der Waals surface area (Å²) < 4.78 is 2.35. The fourth-order valence-electron chi connectivity index (χ4n) is 3.20. The molecule has 4 rings (SSSR count). The first-order valence-corrected chi connectivity index (χ1v) is 8.08. The van der Waals surface area contributed by atoms with Crippen LogP contribution in [0.5, 0.6) is 0 Å². The van der Waals surface area contributed by atoms with Crippen molar-refractivity contribution in [3.05, 3.63) is 65.8 Å². The van der Waals surface area contributed by atoms with Crippen LogP contribution in [0.4, 0.5) is 0 Å². The molecule has 1 unspecified atom stereocenters. The van der Waals surface area contributed by atoms with Crippen LogP contribution in [-0.2, 0) is 19.5 Å². The van der Waals surface area contributed by atoms with Gasteiger partial charge in [-0.1, -0.05) is 30.3 Å². The SMILES string of the molecule is c1ccc(C(NCc2cnc3n2CCCC3)c2ncn[nH]2)cc1. The van der Waals surface area contributed by atoms with Crippen LogP contribution in [0.3, 0.4) is 0 Å². The van der Waals surface area contributed by atoms with Crippen LogP contribution in [0.15, 0.2) is 42.9 Å². The molecule has 1 aliphatic heterocycles. The molecule has 3 aromatic rings. The summed E-state index contributed by atoms with van der Waals surface area (Å²) in [5, 5.41) is 10.6. The van der Waals surface area contributed by atoms with Gasteiger partial charge in [0, 0.05) is 25.7 Å². The average Bonchev–Trinajstić information content (AvgIpc) is 3.26. The second-order valence-electron chi connectivity index (χ2n) is 5.87. The van der Waals surface area contributed by atoms with Crippen LogP contribution in [0, 0.1) is 0 Å². The Kier molecular flexibility index (Phi) is 3.90. The predicted molar refractivity (Wildman–Crippen MR) is 86.7 cm³/mol. The van der Waals surface area contributed by atoms with E-state index in [0.717, 1.165) is 25.3 Å². The van der Waals surface area contributed by atoms with Crippen molar-refractivity contribution in [1.82, 2.24) is 30.0 Å². The molecular weight excluding hydrogens is 288 g/mol. The van der Waals surface area contributed by atoms with Crippen molar-refractivity contribution in [2.24, 2.45) is 0 Å². The van der Waals surface area contributed by atoms with Gasteiger partial charge in [0.1, 0.15) is 18.0 Å². The topological polar surface area (TPSA) is 71.4 Å². The molecule has 0 saturated heterocycles. The van der Waals surface area contributed by atoms with Crippen molar-refractivity contribution in [2.45, 2.75) is 38.4 Å². The Morgan fingerprint density at radius 3 is 2.91 bits per heavy atom. The van der Waals surface area contributed by atoms with Crippen molar-refractivity contribution in [2.75, 3.05) is 0 Å². The number of benzene rings is 1. The highest BCUT2D eigenvalue weighted by atomic mass is 15.2. The molecule has 3 heterocycles. The third kappa shape index (κ3) is 2.90. The fourth-order valence-corrected chi connectivity index (χ4v) is 3.20. The van der Waals surface area contributed by atoms with E-state index in [1.165, 1.54) is 29.9 Å². The van der Waals surface area contributed by atoms with Crippen LogP contribution in [0.25, 0.3) is 0 Å². The maximum atomic E-state index is 4.56. The lowest BCUT2D eigenvalue weighted by molar-refractivity contribution is 0.488. The Morgan fingerprint density at radius 1 is 1.17 bits per heavy atom. The predicted octanol–water partition coefficient (Wildman–Crippen LogP) is 2.22. The number of nitrogens with one attached hydrogen (secondary N) is 2. The lowest BCUT2D eigenvalue weighted by Crippen LogP contribution is -2.25. The fraction of sp³-hybridized carbons (Fsp3) is 0.353. The van der Waals surface area contributed by atoms with Gasteiger partial charge in [-0.2, -0.15) is 5.10 Å². The molecule has 2 aromatic heterocycles. The van der Waals surface area contributed by atoms with Crippen molar-refractivity contribution in [3.8, 4) is 0 Å². The summed E-state index contributed by atoms with van der Waals surface area (Å²) in [6, 6.07) is 10.3. The maximum Gasteiger partial charge on any atom is 0.145 e. The highest BCUT2D eigenvalue weighted by Crippen LogP contribution is 2.20. The van der Waals surface area contributed by atoms with E-state index in [-0.39, 0.29) is 6.04 Å². The van der Waals surface area contributed by atoms with E-state index in [2.05, 4.69) is 42.2 Å². The molecule has 118 valence electrons. The first-order chi connectivity index (χ1) is 11.4. The van der Waals surface area contributed by atoms with E-state index >= 15 is 0 Å². The van der Waals surface area contributed by atoms with Crippen molar-refractivity contribution >= 4 is 0 Å². The van der Waals surface area contributed by atoms with E-state index in [1.54, 1.807) is 6.33 Å². The second-order valence-corrected chi connectivity index (χ2v) is 5.87. The summed E-state index contributed by atoms with van der Waals surface area (Å²) in [4.78, 5) is 8.89. The first kappa shape index (κ1) is 14.1. The van der Waals surface area contributed by atoms with E-state index < -0.39 is 0 Å². The van der Waals surface area contributed by atoms with Gasteiger partial charge in [0.05, 0.1) is 11.7 Å². The van der Waals surface area contributed by atoms with Gasteiger partial charge in [-0.15, -0.1) is 0 Å². The van der Waals surface area contributed by atoms with Gasteiger partial charge in [0.2, 0.25) is 0 Å². The Bertz CT molecular complexity index is 747. The van der Waals surface area contributed by atoms with E-state index in [0.29, 0.717) is 0 Å². The molecule has 0 radical (unpaired) electrons. The summed E-state index contributed by atoms with van der Waals surface area (Å²) in [6.45, 7) is 1.83. The van der Waals surface area contributed by atoms with Crippen LogP contribution in [0.1, 0.15) is 41.8 Å². The standard InChI is InChI=1S/C17H20N6/c1-2-6-13(7-3-1)16(17-20-12-21-22-17)19-11-14-10-18-15-8-4-5-9-23(14)15/h1-3,6-7,10,12,16,19H,4-5,8-9,11H2,(H,20,21,22). The Morgan fingerprint density at radius 2 is 2.09 bits per heavy atom. The van der Waals surface area contributed by atoms with E-state index in [9.17, 15) is 0 Å². The van der Waals surface area contributed by atoms with Crippen LogP contribution in [0.2, 0.25) is 0 Å². The van der Waals surface area contributed by atoms with Crippen LogP contribution >= 0.6 is 0 Å². The summed E-state index contributed by atoms with van der Waals surface area (Å²) in [5.74, 6) is 2.04. The largest absolute Gasteiger partial charge is 0.331 e. The molecule has 6 nitrogen and oxygen atoms in total. The highest BCUT2D eigenvalue weighted by Gasteiger charge is 2.19. The normalized spacial score (nSPS) is 15.3. The lowest BCUT2D eigenvalue weighted by atomic mass is 10.1. The molecule has 1 aliphatic rings. The average molecular weight is 308 g/mol. The van der Waals surface area contributed by atoms with Gasteiger partial charge in [-0.05, 0) is 18.4 Å². The number of aromatic amines is 1. The minimum absolute atomic E-state index is 0.00607. The molecule has 1 atom stereocenters. The molecule has 0 amide bonds. The quantitative estimate of drug-likeness (QED) is 0.758. The Labute approximate surface area is 135 Å². The molecule has 0 saturated carbocycles. The number of aryl methyl sites for hydroxylation is 1. The number of aromatic nitrogens is 5. The Balaban J connectivity index is 1.56. The van der Waals surface area contributed by atoms with Gasteiger partial charge >= 0.3 is 0 Å². The van der Waals surface area contributed by atoms with Gasteiger partial charge in [-0.25, -0.2) is 9.97 Å². The second kappa shape index (κ2) is 6.34. The minimum Gasteiger partial charge on any atom is -0.331 e. The monoisotopic (exact) mass is 308 g/mol. The van der Waals surface area contributed by atoms with Crippen molar-refractivity contribution in [1.29, 1.82) is 0 Å². The molecule has 2 N–H and O–H groups in total. The van der Waals surface area contributed by atoms with Crippen molar-refractivity contribution in [3.63, 3.8) is 0 Å². The zero-order valence-corrected chi connectivity index (χ0v) is 12.9. The van der Waals surface area contributed by atoms with E-state index in [1.807, 2.05) is 24.4 Å². The number of hydrogen-bond donors (Lipinski definition) is 2. The smallest absolute Gasteiger partial charge is 0.145 e. The molecule has 23 heavy (non-hydrogen) atoms. The molecule has 1 aromatic carbocycles. The number of imidazole rings is 1. The molecular formula is C17H20N6. The zero-order valence-electron chi connectivity index (χ0n) is 12.9. The lowest BCUT2D eigenvalue weighted by Gasteiger charge is -2.19. The van der Waals surface area contributed by atoms with Crippen LogP contribution < -0.4 is 5.32 Å². The first-order valence-electron chi connectivity index (χ1n) is 8.08. The van der Waals surface area contributed by atoms with Gasteiger partial charge < -0.3 is 4.57 Å². The van der Waals surface area contributed by atoms with Crippen LogP contribution in [-0.4, -0.2) is 24.7 Å². The van der Waals surface area contributed by atoms with E-state index in [4.69, 9.17) is 0 Å². The number of nitrogens with zero attached hydrogens (tertiary/aromatic N) is 4. The third-order valence-electron chi connectivity index (χ3n) is 4.38. The van der Waals surface area contributed by atoms with Gasteiger partial charge in [-0.3, -0.25) is 10.4 Å². The summed E-state index contributed by atoms with van der Waals surface area (Å²) in [7, 11) is 0. The summed E-state index contributed by atoms with van der Waals surface area (Å²) in [5.41, 5.74) is 2.41. The van der Waals surface area contributed by atoms with Gasteiger partial charge in [0.25, 0.3) is 0 Å². The Hall–Kier alpha value is -2.47.